The second-order valence-electron chi connectivity index (χ2n) is 8.09. The molecule has 24 heavy (non-hydrogen) atoms. The van der Waals surface area contributed by atoms with Crippen molar-refractivity contribution in [1.29, 1.82) is 0 Å². The second-order valence-corrected chi connectivity index (χ2v) is 8.09. The highest BCUT2D eigenvalue weighted by Crippen LogP contribution is 2.21. The summed E-state index contributed by atoms with van der Waals surface area (Å²) in [4.78, 5) is 7.45. The molecule has 1 aliphatic heterocycles. The van der Waals surface area contributed by atoms with Crippen LogP contribution in [0, 0.1) is 0 Å². The minimum atomic E-state index is 0.871. The van der Waals surface area contributed by atoms with Crippen LogP contribution in [0.4, 0.5) is 0 Å². The van der Waals surface area contributed by atoms with E-state index in [0.717, 1.165) is 12.6 Å². The van der Waals surface area contributed by atoms with Gasteiger partial charge in [0, 0.05) is 12.6 Å². The average molecular weight is 335 g/mol. The maximum Gasteiger partial charge on any atom is 0.0385 e. The molecule has 0 spiro atoms. The van der Waals surface area contributed by atoms with Crippen molar-refractivity contribution in [3.05, 3.63) is 0 Å². The molecule has 0 atom stereocenters. The Hall–Kier alpha value is -0.370. The lowest BCUT2D eigenvalue weighted by Crippen LogP contribution is -2.37. The first-order chi connectivity index (χ1) is 12.0. The largest absolute Gasteiger partial charge is 0.300 e. The fraction of sp³-hybridized carbons (Fsp3) is 0.955. The Balaban J connectivity index is 1.84. The predicted molar refractivity (Wildman–Crippen MR) is 107 cm³/mol. The third kappa shape index (κ3) is 9.20. The lowest BCUT2D eigenvalue weighted by atomic mass is 9.96. The van der Waals surface area contributed by atoms with Gasteiger partial charge in [0.05, 0.1) is 0 Å². The number of hydrogen-bond donors (Lipinski definition) is 0. The van der Waals surface area contributed by atoms with Crippen molar-refractivity contribution in [2.24, 2.45) is 4.99 Å². The zero-order valence-corrected chi connectivity index (χ0v) is 16.2. The van der Waals surface area contributed by atoms with Crippen LogP contribution in [0.5, 0.6) is 0 Å². The molecule has 2 nitrogen and oxygen atoms in total. The molecule has 0 saturated heterocycles. The van der Waals surface area contributed by atoms with E-state index in [1.807, 2.05) is 0 Å². The summed E-state index contributed by atoms with van der Waals surface area (Å²) < 4.78 is 0. The van der Waals surface area contributed by atoms with Crippen LogP contribution in [0.1, 0.15) is 109 Å². The summed E-state index contributed by atoms with van der Waals surface area (Å²) in [6.07, 6.45) is 26.3. The van der Waals surface area contributed by atoms with Crippen LogP contribution < -0.4 is 0 Å². The van der Waals surface area contributed by atoms with Crippen molar-refractivity contribution in [1.82, 2.24) is 4.90 Å². The lowest BCUT2D eigenvalue weighted by Gasteiger charge is -2.32. The molecule has 0 aromatic heterocycles. The molecule has 2 rings (SSSR count). The fourth-order valence-corrected chi connectivity index (χ4v) is 4.41. The quantitative estimate of drug-likeness (QED) is 0.542. The Morgan fingerprint density at radius 3 is 1.79 bits per heavy atom. The smallest absolute Gasteiger partial charge is 0.0385 e. The Morgan fingerprint density at radius 1 is 0.583 bits per heavy atom. The molecule has 0 aromatic rings. The molecular weight excluding hydrogens is 292 g/mol. The van der Waals surface area contributed by atoms with Crippen molar-refractivity contribution >= 4 is 6.21 Å². The van der Waals surface area contributed by atoms with Gasteiger partial charge in [-0.25, -0.2) is 0 Å². The van der Waals surface area contributed by atoms with E-state index in [-0.39, 0.29) is 0 Å². The maximum absolute atomic E-state index is 4.57. The summed E-state index contributed by atoms with van der Waals surface area (Å²) in [5.74, 6) is 0. The Kier molecular flexibility index (Phi) is 11.5. The summed E-state index contributed by atoms with van der Waals surface area (Å²) in [6.45, 7) is 3.72. The summed E-state index contributed by atoms with van der Waals surface area (Å²) >= 11 is 0. The van der Waals surface area contributed by atoms with Crippen molar-refractivity contribution < 1.29 is 0 Å². The molecule has 0 bridgehead atoms. The third-order valence-electron chi connectivity index (χ3n) is 5.98. The molecule has 1 aliphatic carbocycles. The molecule has 0 aromatic carbocycles. The average Bonchev–Trinajstić information content (AvgIpc) is 2.56. The molecule has 140 valence electrons. The highest BCUT2D eigenvalue weighted by Gasteiger charge is 2.18. The zero-order valence-electron chi connectivity index (χ0n) is 16.2. The van der Waals surface area contributed by atoms with E-state index >= 15 is 0 Å². The van der Waals surface area contributed by atoms with E-state index < -0.39 is 0 Å². The van der Waals surface area contributed by atoms with E-state index in [0.29, 0.717) is 0 Å². The lowest BCUT2D eigenvalue weighted by molar-refractivity contribution is 0.163. The van der Waals surface area contributed by atoms with Gasteiger partial charge in [-0.3, -0.25) is 4.99 Å². The van der Waals surface area contributed by atoms with E-state index in [2.05, 4.69) is 16.1 Å². The van der Waals surface area contributed by atoms with Gasteiger partial charge in [0.1, 0.15) is 0 Å². The predicted octanol–water partition coefficient (Wildman–Crippen LogP) is 6.39. The number of aliphatic imine (C=N–C) groups is 1. The van der Waals surface area contributed by atoms with Gasteiger partial charge in [-0.2, -0.15) is 0 Å². The minimum absolute atomic E-state index is 0.871. The van der Waals surface area contributed by atoms with Crippen molar-refractivity contribution in [2.75, 3.05) is 19.6 Å². The molecule has 0 unspecified atom stereocenters. The number of hydrogen-bond acceptors (Lipinski definition) is 2. The highest BCUT2D eigenvalue weighted by molar-refractivity contribution is 5.56. The molecule has 2 aliphatic rings. The van der Waals surface area contributed by atoms with Crippen LogP contribution in [0.25, 0.3) is 0 Å². The van der Waals surface area contributed by atoms with Gasteiger partial charge in [0.2, 0.25) is 0 Å². The van der Waals surface area contributed by atoms with Gasteiger partial charge in [-0.05, 0) is 64.2 Å². The van der Waals surface area contributed by atoms with E-state index in [4.69, 9.17) is 0 Å². The van der Waals surface area contributed by atoms with Crippen LogP contribution >= 0.6 is 0 Å². The topological polar surface area (TPSA) is 15.6 Å². The highest BCUT2D eigenvalue weighted by atomic mass is 15.1. The van der Waals surface area contributed by atoms with Crippen LogP contribution in [0.15, 0.2) is 4.99 Å². The van der Waals surface area contributed by atoms with Crippen LogP contribution in [-0.4, -0.2) is 36.8 Å². The maximum atomic E-state index is 4.57. The zero-order chi connectivity index (χ0) is 16.7. The molecule has 0 N–H and O–H groups in total. The van der Waals surface area contributed by atoms with Gasteiger partial charge < -0.3 is 4.90 Å². The SMILES string of the molecule is C1=NCCCCN(C2CCCCCCCCCCC2)CCCCC1. The number of nitrogens with zero attached hydrogens (tertiary/aromatic N) is 2. The molecule has 2 heteroatoms. The van der Waals surface area contributed by atoms with Crippen LogP contribution in [-0.2, 0) is 0 Å². The Bertz CT molecular complexity index is 301. The molecule has 1 heterocycles. The first-order valence-corrected chi connectivity index (χ1v) is 11.2. The van der Waals surface area contributed by atoms with Gasteiger partial charge in [-0.15, -0.1) is 0 Å². The molecule has 1 saturated carbocycles. The van der Waals surface area contributed by atoms with Crippen LogP contribution in [0.2, 0.25) is 0 Å². The summed E-state index contributed by atoms with van der Waals surface area (Å²) in [5.41, 5.74) is 0. The van der Waals surface area contributed by atoms with Gasteiger partial charge in [-0.1, -0.05) is 64.2 Å². The normalized spacial score (nSPS) is 25.8. The van der Waals surface area contributed by atoms with Crippen molar-refractivity contribution in [3.63, 3.8) is 0 Å². The van der Waals surface area contributed by atoms with Crippen molar-refractivity contribution in [2.45, 2.75) is 115 Å². The molecule has 0 radical (unpaired) electrons. The van der Waals surface area contributed by atoms with Gasteiger partial charge >= 0.3 is 0 Å². The van der Waals surface area contributed by atoms with Crippen LogP contribution in [0.3, 0.4) is 0 Å². The first kappa shape index (κ1) is 19.9. The minimum Gasteiger partial charge on any atom is -0.300 e. The Labute approximate surface area is 151 Å². The summed E-state index contributed by atoms with van der Waals surface area (Å²) in [5, 5.41) is 0. The van der Waals surface area contributed by atoms with E-state index in [9.17, 15) is 0 Å². The molecule has 1 fully saturated rings. The monoisotopic (exact) mass is 334 g/mol. The summed E-state index contributed by atoms with van der Waals surface area (Å²) in [6, 6.07) is 0.871. The number of rotatable bonds is 1. The first-order valence-electron chi connectivity index (χ1n) is 11.2. The second kappa shape index (κ2) is 13.9. The molecular formula is C22H42N2. The summed E-state index contributed by atoms with van der Waals surface area (Å²) in [7, 11) is 0. The van der Waals surface area contributed by atoms with E-state index in [1.165, 1.54) is 122 Å². The Morgan fingerprint density at radius 2 is 1.12 bits per heavy atom. The fourth-order valence-electron chi connectivity index (χ4n) is 4.41. The van der Waals surface area contributed by atoms with Crippen molar-refractivity contribution in [3.8, 4) is 0 Å². The van der Waals surface area contributed by atoms with Gasteiger partial charge in [0.15, 0.2) is 0 Å². The molecule has 0 amide bonds. The standard InChI is InChI=1S/C22H42N2/c1-2-4-6-10-16-22(17-11-7-5-3-1)24-20-14-9-8-12-18-23-19-13-15-21-24/h18,22H,1-17,19-21H2. The third-order valence-corrected chi connectivity index (χ3v) is 5.98. The van der Waals surface area contributed by atoms with E-state index in [1.54, 1.807) is 0 Å². The van der Waals surface area contributed by atoms with Gasteiger partial charge in [0.25, 0.3) is 0 Å².